The quantitative estimate of drug-likeness (QED) is 0.783. The van der Waals surface area contributed by atoms with Gasteiger partial charge in [-0.3, -0.25) is 4.79 Å². The van der Waals surface area contributed by atoms with Crippen LogP contribution in [0.25, 0.3) is 10.2 Å². The molecule has 0 fully saturated rings. The molecule has 0 amide bonds. The Morgan fingerprint density at radius 2 is 2.16 bits per heavy atom. The van der Waals surface area contributed by atoms with Gasteiger partial charge in [0.25, 0.3) is 5.56 Å². The number of carbonyl (C=O) groups excluding carboxylic acids is 1. The standard InChI is InChI=1S/C18H25N3O3S/c1-6-24-17(23)10(2)21-16(22)14-12-8-7-11(18(3,4)5)9-13(12)25-15(14)19-20-21/h10-11H,6-9H2,1-5H3. The molecule has 3 rings (SSSR count). The maximum atomic E-state index is 12.9. The van der Waals surface area contributed by atoms with Crippen molar-refractivity contribution in [3.8, 4) is 0 Å². The Balaban J connectivity index is 2.04. The Hall–Kier alpha value is -1.76. The summed E-state index contributed by atoms with van der Waals surface area (Å²) in [6.45, 7) is 10.4. The summed E-state index contributed by atoms with van der Waals surface area (Å²) in [4.78, 5) is 26.8. The summed E-state index contributed by atoms with van der Waals surface area (Å²) >= 11 is 1.57. The lowest BCUT2D eigenvalue weighted by atomic mass is 9.72. The summed E-state index contributed by atoms with van der Waals surface area (Å²) in [5, 5.41) is 8.84. The van der Waals surface area contributed by atoms with Crippen LogP contribution in [-0.4, -0.2) is 27.6 Å². The summed E-state index contributed by atoms with van der Waals surface area (Å²) in [6.07, 6.45) is 2.93. The molecule has 7 heteroatoms. The monoisotopic (exact) mass is 363 g/mol. The lowest BCUT2D eigenvalue weighted by molar-refractivity contribution is -0.147. The highest BCUT2D eigenvalue weighted by atomic mass is 32.1. The summed E-state index contributed by atoms with van der Waals surface area (Å²) < 4.78 is 6.16. The molecule has 2 aromatic rings. The number of fused-ring (bicyclic) bond motifs is 3. The van der Waals surface area contributed by atoms with Crippen LogP contribution < -0.4 is 5.56 Å². The Morgan fingerprint density at radius 3 is 2.80 bits per heavy atom. The van der Waals surface area contributed by atoms with E-state index in [9.17, 15) is 9.59 Å². The van der Waals surface area contributed by atoms with Crippen molar-refractivity contribution in [3.63, 3.8) is 0 Å². The molecule has 136 valence electrons. The van der Waals surface area contributed by atoms with Crippen molar-refractivity contribution >= 4 is 27.5 Å². The SMILES string of the molecule is CCOC(=O)C(C)n1nnc2sc3c(c2c1=O)CCC(C(C)(C)C)C3. The van der Waals surface area contributed by atoms with E-state index in [0.29, 0.717) is 16.1 Å². The van der Waals surface area contributed by atoms with Crippen LogP contribution in [-0.2, 0) is 22.4 Å². The molecule has 25 heavy (non-hydrogen) atoms. The highest BCUT2D eigenvalue weighted by Gasteiger charge is 2.32. The fraction of sp³-hybridized carbons (Fsp3) is 0.667. The minimum atomic E-state index is -0.772. The van der Waals surface area contributed by atoms with E-state index in [0.717, 1.165) is 29.5 Å². The van der Waals surface area contributed by atoms with Gasteiger partial charge >= 0.3 is 5.97 Å². The number of nitrogens with zero attached hydrogens (tertiary/aromatic N) is 3. The van der Waals surface area contributed by atoms with Crippen LogP contribution >= 0.6 is 11.3 Å². The number of thiophene rings is 1. The molecule has 0 spiro atoms. The van der Waals surface area contributed by atoms with Gasteiger partial charge in [0.1, 0.15) is 0 Å². The molecular formula is C18H25N3O3S. The molecule has 2 heterocycles. The van der Waals surface area contributed by atoms with E-state index >= 15 is 0 Å². The third-order valence-corrected chi connectivity index (χ3v) is 6.26. The van der Waals surface area contributed by atoms with E-state index in [-0.39, 0.29) is 17.6 Å². The number of carbonyl (C=O) groups is 1. The second-order valence-corrected chi connectivity index (χ2v) is 8.84. The fourth-order valence-electron chi connectivity index (χ4n) is 3.46. The number of ether oxygens (including phenoxy) is 1. The van der Waals surface area contributed by atoms with Crippen molar-refractivity contribution in [2.45, 2.75) is 59.9 Å². The molecule has 1 aliphatic carbocycles. The van der Waals surface area contributed by atoms with Gasteiger partial charge in [0, 0.05) is 4.88 Å². The van der Waals surface area contributed by atoms with Gasteiger partial charge in [-0.15, -0.1) is 16.4 Å². The normalized spacial score (nSPS) is 18.8. The van der Waals surface area contributed by atoms with Crippen molar-refractivity contribution in [2.24, 2.45) is 11.3 Å². The lowest BCUT2D eigenvalue weighted by Crippen LogP contribution is -2.32. The first-order valence-corrected chi connectivity index (χ1v) is 9.62. The fourth-order valence-corrected chi connectivity index (χ4v) is 4.70. The number of esters is 1. The highest BCUT2D eigenvalue weighted by molar-refractivity contribution is 7.18. The molecule has 2 unspecified atom stereocenters. The number of hydrogen-bond donors (Lipinski definition) is 0. The van der Waals surface area contributed by atoms with Gasteiger partial charge in [-0.25, -0.2) is 4.79 Å². The Morgan fingerprint density at radius 1 is 1.44 bits per heavy atom. The molecule has 2 atom stereocenters. The number of aryl methyl sites for hydroxylation is 1. The molecule has 6 nitrogen and oxygen atoms in total. The molecular weight excluding hydrogens is 338 g/mol. The van der Waals surface area contributed by atoms with Crippen molar-refractivity contribution in [1.82, 2.24) is 15.0 Å². The zero-order valence-electron chi connectivity index (χ0n) is 15.5. The zero-order valence-corrected chi connectivity index (χ0v) is 16.3. The van der Waals surface area contributed by atoms with Crippen LogP contribution in [0.2, 0.25) is 0 Å². The van der Waals surface area contributed by atoms with Crippen LogP contribution in [0.3, 0.4) is 0 Å². The van der Waals surface area contributed by atoms with Gasteiger partial charge in [0.2, 0.25) is 0 Å². The topological polar surface area (TPSA) is 74.1 Å². The van der Waals surface area contributed by atoms with Gasteiger partial charge in [-0.05, 0) is 50.0 Å². The molecule has 2 aromatic heterocycles. The maximum absolute atomic E-state index is 12.9. The van der Waals surface area contributed by atoms with Gasteiger partial charge < -0.3 is 4.74 Å². The second-order valence-electron chi connectivity index (χ2n) is 7.76. The summed E-state index contributed by atoms with van der Waals surface area (Å²) in [6, 6.07) is -0.772. The van der Waals surface area contributed by atoms with Crippen LogP contribution in [0.1, 0.15) is 57.5 Å². The second kappa shape index (κ2) is 6.52. The van der Waals surface area contributed by atoms with Gasteiger partial charge in [-0.2, -0.15) is 4.68 Å². The Bertz CT molecular complexity index is 863. The van der Waals surface area contributed by atoms with Crippen LogP contribution in [0.4, 0.5) is 0 Å². The first-order chi connectivity index (χ1) is 11.7. The van der Waals surface area contributed by atoms with Gasteiger partial charge in [-0.1, -0.05) is 26.0 Å². The summed E-state index contributed by atoms with van der Waals surface area (Å²) in [5.74, 6) is 0.136. The molecule has 0 bridgehead atoms. The van der Waals surface area contributed by atoms with Crippen molar-refractivity contribution in [3.05, 3.63) is 20.8 Å². The predicted molar refractivity (Wildman–Crippen MR) is 98.0 cm³/mol. The Kier molecular flexibility index (Phi) is 4.70. The van der Waals surface area contributed by atoms with Gasteiger partial charge in [0.15, 0.2) is 10.9 Å². The van der Waals surface area contributed by atoms with E-state index in [1.54, 1.807) is 25.2 Å². The molecule has 0 saturated heterocycles. The number of aromatic nitrogens is 3. The molecule has 0 aliphatic heterocycles. The number of rotatable bonds is 3. The first-order valence-electron chi connectivity index (χ1n) is 8.80. The molecule has 0 saturated carbocycles. The van der Waals surface area contributed by atoms with Crippen LogP contribution in [0.15, 0.2) is 4.79 Å². The smallest absolute Gasteiger partial charge is 0.330 e. The number of hydrogen-bond acceptors (Lipinski definition) is 6. The van der Waals surface area contributed by atoms with Crippen LogP contribution in [0.5, 0.6) is 0 Å². The van der Waals surface area contributed by atoms with E-state index in [1.807, 2.05) is 0 Å². The third-order valence-electron chi connectivity index (χ3n) is 5.12. The average molecular weight is 363 g/mol. The van der Waals surface area contributed by atoms with Crippen molar-refractivity contribution in [2.75, 3.05) is 6.61 Å². The van der Waals surface area contributed by atoms with E-state index in [1.165, 1.54) is 4.88 Å². The largest absolute Gasteiger partial charge is 0.464 e. The highest BCUT2D eigenvalue weighted by Crippen LogP contribution is 2.41. The van der Waals surface area contributed by atoms with Crippen molar-refractivity contribution < 1.29 is 9.53 Å². The predicted octanol–water partition coefficient (Wildman–Crippen LogP) is 3.13. The third kappa shape index (κ3) is 3.21. The van der Waals surface area contributed by atoms with Crippen LogP contribution in [0, 0.1) is 11.3 Å². The van der Waals surface area contributed by atoms with Crippen molar-refractivity contribution in [1.29, 1.82) is 0 Å². The van der Waals surface area contributed by atoms with Gasteiger partial charge in [0.05, 0.1) is 12.0 Å². The van der Waals surface area contributed by atoms with E-state index in [2.05, 4.69) is 31.1 Å². The average Bonchev–Trinajstić information content (AvgIpc) is 2.92. The molecule has 1 aliphatic rings. The lowest BCUT2D eigenvalue weighted by Gasteiger charge is -2.33. The summed E-state index contributed by atoms with van der Waals surface area (Å²) in [5.41, 5.74) is 1.11. The minimum Gasteiger partial charge on any atom is -0.464 e. The molecule has 0 aromatic carbocycles. The van der Waals surface area contributed by atoms with E-state index in [4.69, 9.17) is 4.74 Å². The summed E-state index contributed by atoms with van der Waals surface area (Å²) in [7, 11) is 0. The zero-order chi connectivity index (χ0) is 18.4. The van der Waals surface area contributed by atoms with E-state index < -0.39 is 12.0 Å². The maximum Gasteiger partial charge on any atom is 0.330 e. The molecule has 0 radical (unpaired) electrons. The molecule has 0 N–H and O–H groups in total. The Labute approximate surface area is 151 Å². The first kappa shape index (κ1) is 18.0. The minimum absolute atomic E-state index is 0.239.